The molecule has 3 amide bonds. The maximum atomic E-state index is 13.9. The van der Waals surface area contributed by atoms with E-state index in [9.17, 15) is 18.4 Å². The van der Waals surface area contributed by atoms with Gasteiger partial charge < -0.3 is 21.3 Å². The number of urea groups is 1. The van der Waals surface area contributed by atoms with Gasteiger partial charge >= 0.3 is 6.03 Å². The Labute approximate surface area is 198 Å². The third-order valence-corrected chi connectivity index (χ3v) is 7.23. The van der Waals surface area contributed by atoms with E-state index in [1.807, 2.05) is 0 Å². The first-order chi connectivity index (χ1) is 16.4. The minimum absolute atomic E-state index is 0.152. The molecule has 1 saturated carbocycles. The van der Waals surface area contributed by atoms with Crippen LogP contribution in [-0.2, 0) is 10.2 Å². The molecule has 0 spiro atoms. The van der Waals surface area contributed by atoms with Crippen LogP contribution < -0.4 is 16.4 Å². The fourth-order valence-corrected chi connectivity index (χ4v) is 5.13. The molecule has 2 aliphatic rings. The van der Waals surface area contributed by atoms with Crippen LogP contribution in [0.1, 0.15) is 44.1 Å². The topological polar surface area (TPSA) is 100 Å². The molecule has 2 fully saturated rings. The first-order valence-corrected chi connectivity index (χ1v) is 11.8. The van der Waals surface area contributed by atoms with Crippen molar-refractivity contribution in [3.63, 3.8) is 0 Å². The Balaban J connectivity index is 1.29. The number of halogens is 2. The van der Waals surface area contributed by atoms with Gasteiger partial charge in [0.1, 0.15) is 0 Å². The van der Waals surface area contributed by atoms with Gasteiger partial charge in [0.05, 0.1) is 5.41 Å². The molecule has 0 bridgehead atoms. The van der Waals surface area contributed by atoms with E-state index in [0.717, 1.165) is 37.8 Å². The van der Waals surface area contributed by atoms with Crippen molar-refractivity contribution in [1.82, 2.24) is 15.2 Å². The second kappa shape index (κ2) is 10.5. The number of anilines is 1. The maximum Gasteiger partial charge on any atom is 0.321 e. The summed E-state index contributed by atoms with van der Waals surface area (Å²) in [6.45, 7) is 1.47. The lowest BCUT2D eigenvalue weighted by atomic mass is 9.77. The number of nitrogens with zero attached hydrogens (tertiary/aromatic N) is 2. The molecule has 4 N–H and O–H groups in total. The SMILES string of the molecule is NC(CNC(=O)C1(c2ccc(F)c(F)c2)CCCC1)C1CCN(C(=O)Nc2ccncc2)CC1. The van der Waals surface area contributed by atoms with Crippen molar-refractivity contribution in [2.24, 2.45) is 11.7 Å². The van der Waals surface area contributed by atoms with E-state index in [0.29, 0.717) is 43.7 Å². The minimum atomic E-state index is -0.937. The van der Waals surface area contributed by atoms with E-state index in [4.69, 9.17) is 5.73 Å². The number of piperidine rings is 1. The van der Waals surface area contributed by atoms with Gasteiger partial charge in [0, 0.05) is 43.8 Å². The van der Waals surface area contributed by atoms with Crippen molar-refractivity contribution >= 4 is 17.6 Å². The van der Waals surface area contributed by atoms with Crippen molar-refractivity contribution in [1.29, 1.82) is 0 Å². The predicted octanol–water partition coefficient (Wildman–Crippen LogP) is 3.56. The molecule has 2 aromatic rings. The highest BCUT2D eigenvalue weighted by Crippen LogP contribution is 2.41. The van der Waals surface area contributed by atoms with E-state index in [1.165, 1.54) is 6.07 Å². The lowest BCUT2D eigenvalue weighted by Crippen LogP contribution is -2.51. The van der Waals surface area contributed by atoms with Crippen molar-refractivity contribution < 1.29 is 18.4 Å². The molecule has 1 aromatic carbocycles. The fraction of sp³-hybridized carbons (Fsp3) is 0.480. The van der Waals surface area contributed by atoms with E-state index < -0.39 is 17.0 Å². The average molecular weight is 472 g/mol. The number of carbonyl (C=O) groups excluding carboxylic acids is 2. The number of hydrogen-bond acceptors (Lipinski definition) is 4. The van der Waals surface area contributed by atoms with Gasteiger partial charge in [-0.3, -0.25) is 9.78 Å². The van der Waals surface area contributed by atoms with Gasteiger partial charge in [0.15, 0.2) is 11.6 Å². The van der Waals surface area contributed by atoms with Crippen LogP contribution in [0.2, 0.25) is 0 Å². The Morgan fingerprint density at radius 1 is 1.09 bits per heavy atom. The molecular weight excluding hydrogens is 440 g/mol. The van der Waals surface area contributed by atoms with E-state index >= 15 is 0 Å². The molecule has 1 aliphatic heterocycles. The molecule has 1 saturated heterocycles. The highest BCUT2D eigenvalue weighted by Gasteiger charge is 2.43. The zero-order valence-corrected chi connectivity index (χ0v) is 19.1. The Morgan fingerprint density at radius 2 is 1.76 bits per heavy atom. The summed E-state index contributed by atoms with van der Waals surface area (Å²) in [5.41, 5.74) is 6.79. The number of carbonyl (C=O) groups is 2. The molecule has 9 heteroatoms. The van der Waals surface area contributed by atoms with E-state index in [-0.39, 0.29) is 23.9 Å². The monoisotopic (exact) mass is 471 g/mol. The number of hydrogen-bond donors (Lipinski definition) is 3. The Bertz CT molecular complexity index is 1010. The Morgan fingerprint density at radius 3 is 2.41 bits per heavy atom. The lowest BCUT2D eigenvalue weighted by molar-refractivity contribution is -0.126. The summed E-state index contributed by atoms with van der Waals surface area (Å²) >= 11 is 0. The van der Waals surface area contributed by atoms with E-state index in [2.05, 4.69) is 15.6 Å². The normalized spacial score (nSPS) is 19.0. The van der Waals surface area contributed by atoms with Gasteiger partial charge in [-0.15, -0.1) is 0 Å². The first-order valence-electron chi connectivity index (χ1n) is 11.8. The summed E-state index contributed by atoms with van der Waals surface area (Å²) in [4.78, 5) is 31.4. The van der Waals surface area contributed by atoms with Crippen molar-refractivity contribution in [3.05, 3.63) is 59.9 Å². The summed E-state index contributed by atoms with van der Waals surface area (Å²) in [6.07, 6.45) is 7.66. The lowest BCUT2D eigenvalue weighted by Gasteiger charge is -2.35. The Kier molecular flexibility index (Phi) is 7.41. The molecule has 4 rings (SSSR count). The van der Waals surface area contributed by atoms with Gasteiger partial charge in [0.25, 0.3) is 0 Å². The standard InChI is InChI=1S/C25H31F2N5O2/c26-20-4-3-18(15-21(20)27)25(9-1-2-10-25)23(33)30-16-22(28)17-7-13-32(14-8-17)24(34)31-19-5-11-29-12-6-19/h3-6,11-12,15,17,22H,1-2,7-10,13-14,16,28H2,(H,30,33)(H,29,31,34). The minimum Gasteiger partial charge on any atom is -0.354 e. The number of aromatic nitrogens is 1. The third kappa shape index (κ3) is 5.19. The highest BCUT2D eigenvalue weighted by molar-refractivity contribution is 5.89. The summed E-state index contributed by atoms with van der Waals surface area (Å²) in [7, 11) is 0. The van der Waals surface area contributed by atoms with Gasteiger partial charge in [-0.05, 0) is 61.4 Å². The van der Waals surface area contributed by atoms with Crippen LogP contribution in [0.3, 0.4) is 0 Å². The second-order valence-corrected chi connectivity index (χ2v) is 9.28. The van der Waals surface area contributed by atoms with Gasteiger partial charge in [0.2, 0.25) is 5.91 Å². The number of amides is 3. The molecule has 1 unspecified atom stereocenters. The van der Waals surface area contributed by atoms with Gasteiger partial charge in [-0.25, -0.2) is 13.6 Å². The molecule has 182 valence electrons. The summed E-state index contributed by atoms with van der Waals surface area (Å²) in [5, 5.41) is 5.85. The molecule has 1 atom stereocenters. The van der Waals surface area contributed by atoms with Crippen LogP contribution in [0.25, 0.3) is 0 Å². The van der Waals surface area contributed by atoms with Crippen LogP contribution in [0.15, 0.2) is 42.7 Å². The van der Waals surface area contributed by atoms with Crippen molar-refractivity contribution in [2.75, 3.05) is 25.0 Å². The maximum absolute atomic E-state index is 13.9. The molecule has 0 radical (unpaired) electrons. The number of nitrogens with two attached hydrogens (primary N) is 1. The number of rotatable bonds is 6. The largest absolute Gasteiger partial charge is 0.354 e. The van der Waals surface area contributed by atoms with Crippen LogP contribution in [0.5, 0.6) is 0 Å². The second-order valence-electron chi connectivity index (χ2n) is 9.28. The zero-order valence-electron chi connectivity index (χ0n) is 19.1. The third-order valence-electron chi connectivity index (χ3n) is 7.23. The molecule has 1 aliphatic carbocycles. The summed E-state index contributed by atoms with van der Waals surface area (Å²) in [6, 6.07) is 6.81. The molecular formula is C25H31F2N5O2. The van der Waals surface area contributed by atoms with Crippen LogP contribution >= 0.6 is 0 Å². The van der Waals surface area contributed by atoms with Crippen LogP contribution in [0, 0.1) is 17.6 Å². The fourth-order valence-electron chi connectivity index (χ4n) is 5.13. The van der Waals surface area contributed by atoms with Gasteiger partial charge in [-0.1, -0.05) is 18.9 Å². The van der Waals surface area contributed by atoms with Gasteiger partial charge in [-0.2, -0.15) is 0 Å². The van der Waals surface area contributed by atoms with Crippen LogP contribution in [-0.4, -0.2) is 47.5 Å². The smallest absolute Gasteiger partial charge is 0.321 e. The van der Waals surface area contributed by atoms with Crippen LogP contribution in [0.4, 0.5) is 19.3 Å². The highest BCUT2D eigenvalue weighted by atomic mass is 19.2. The number of likely N-dealkylation sites (tertiary alicyclic amines) is 1. The molecule has 7 nitrogen and oxygen atoms in total. The Hall–Kier alpha value is -3.07. The predicted molar refractivity (Wildman–Crippen MR) is 125 cm³/mol. The summed E-state index contributed by atoms with van der Waals surface area (Å²) in [5.74, 6) is -1.86. The average Bonchev–Trinajstić information content (AvgIpc) is 3.36. The number of nitrogens with one attached hydrogen (secondary N) is 2. The van der Waals surface area contributed by atoms with Crippen molar-refractivity contribution in [2.45, 2.75) is 50.0 Å². The molecule has 2 heterocycles. The number of pyridine rings is 1. The molecule has 1 aromatic heterocycles. The first kappa shape index (κ1) is 24.1. The van der Waals surface area contributed by atoms with E-state index in [1.54, 1.807) is 29.4 Å². The molecule has 34 heavy (non-hydrogen) atoms. The van der Waals surface area contributed by atoms with Crippen molar-refractivity contribution in [3.8, 4) is 0 Å². The summed E-state index contributed by atoms with van der Waals surface area (Å²) < 4.78 is 27.3. The quantitative estimate of drug-likeness (QED) is 0.600. The zero-order chi connectivity index (χ0) is 24.1. The number of benzene rings is 1.